The Kier molecular flexibility index (Phi) is 6.49. The van der Waals surface area contributed by atoms with Crippen molar-refractivity contribution in [2.45, 2.75) is 12.8 Å². The van der Waals surface area contributed by atoms with Gasteiger partial charge in [0, 0.05) is 6.54 Å². The fraction of sp³-hybridized carbons (Fsp3) is 0.235. The molecular weight excluding hydrogens is 343 g/mol. The largest absolute Gasteiger partial charge is 0.494 e. The molecule has 0 saturated carbocycles. The van der Waals surface area contributed by atoms with Crippen LogP contribution in [0.3, 0.4) is 0 Å². The van der Waals surface area contributed by atoms with Crippen LogP contribution in [-0.2, 0) is 0 Å². The Balaban J connectivity index is 1.69. The molecule has 0 unspecified atom stereocenters. The molecule has 2 aromatic rings. The van der Waals surface area contributed by atoms with Crippen LogP contribution in [0.2, 0.25) is 5.02 Å². The maximum atomic E-state index is 13.1. The van der Waals surface area contributed by atoms with E-state index >= 15 is 0 Å². The van der Waals surface area contributed by atoms with Crippen molar-refractivity contribution in [2.24, 2.45) is 0 Å². The van der Waals surface area contributed by atoms with Gasteiger partial charge in [0.1, 0.15) is 11.6 Å². The van der Waals surface area contributed by atoms with E-state index in [0.717, 1.165) is 12.1 Å². The minimum Gasteiger partial charge on any atom is -0.494 e. The van der Waals surface area contributed by atoms with Crippen LogP contribution >= 0.6 is 11.6 Å². The highest BCUT2D eigenvalue weighted by molar-refractivity contribution is 6.33. The van der Waals surface area contributed by atoms with Gasteiger partial charge in [-0.05, 0) is 49.2 Å². The second-order valence-corrected chi connectivity index (χ2v) is 5.42. The van der Waals surface area contributed by atoms with Crippen LogP contribution in [-0.4, -0.2) is 19.1 Å². The van der Waals surface area contributed by atoms with Crippen LogP contribution in [0.25, 0.3) is 0 Å². The molecule has 128 valence electrons. The Morgan fingerprint density at radius 1 is 1.04 bits per heavy atom. The minimum atomic E-state index is -1.13. The van der Waals surface area contributed by atoms with Gasteiger partial charge in [-0.1, -0.05) is 11.6 Å². The van der Waals surface area contributed by atoms with E-state index in [1.807, 2.05) is 0 Å². The summed E-state index contributed by atoms with van der Waals surface area (Å²) >= 11 is 5.72. The van der Waals surface area contributed by atoms with Gasteiger partial charge in [0.2, 0.25) is 0 Å². The zero-order valence-corrected chi connectivity index (χ0v) is 13.4. The number of amides is 1. The summed E-state index contributed by atoms with van der Waals surface area (Å²) in [5.41, 5.74) is -0.113. The molecule has 3 nitrogen and oxygen atoms in total. The number of benzene rings is 2. The highest BCUT2D eigenvalue weighted by atomic mass is 35.5. The summed E-state index contributed by atoms with van der Waals surface area (Å²) in [5, 5.41) is 2.43. The molecule has 0 radical (unpaired) electrons. The molecular formula is C17H15ClF3NO2. The van der Waals surface area contributed by atoms with Crippen molar-refractivity contribution in [1.82, 2.24) is 5.32 Å². The van der Waals surface area contributed by atoms with Crippen molar-refractivity contribution in [2.75, 3.05) is 13.2 Å². The lowest BCUT2D eigenvalue weighted by Gasteiger charge is -2.08. The first-order valence-electron chi connectivity index (χ1n) is 7.28. The van der Waals surface area contributed by atoms with Gasteiger partial charge in [0.05, 0.1) is 17.2 Å². The molecule has 0 aromatic heterocycles. The lowest BCUT2D eigenvalue weighted by molar-refractivity contribution is 0.0952. The molecule has 0 aliphatic rings. The zero-order valence-electron chi connectivity index (χ0n) is 12.6. The zero-order chi connectivity index (χ0) is 17.5. The minimum absolute atomic E-state index is 0.113. The van der Waals surface area contributed by atoms with Crippen molar-refractivity contribution in [3.05, 3.63) is 64.4 Å². The van der Waals surface area contributed by atoms with Crippen LogP contribution < -0.4 is 10.1 Å². The molecule has 0 saturated heterocycles. The normalized spacial score (nSPS) is 10.5. The van der Waals surface area contributed by atoms with Crippen LogP contribution in [0.5, 0.6) is 5.75 Å². The van der Waals surface area contributed by atoms with Gasteiger partial charge in [-0.3, -0.25) is 4.79 Å². The summed E-state index contributed by atoms with van der Waals surface area (Å²) in [6.07, 6.45) is 1.28. The second-order valence-electron chi connectivity index (χ2n) is 5.01. The van der Waals surface area contributed by atoms with Crippen LogP contribution in [0.1, 0.15) is 23.2 Å². The summed E-state index contributed by atoms with van der Waals surface area (Å²) < 4.78 is 44.2. The number of hydrogen-bond donors (Lipinski definition) is 1. The predicted octanol–water partition coefficient (Wildman–Crippen LogP) is 4.35. The Labute approximate surface area is 142 Å². The molecule has 0 aliphatic carbocycles. The molecule has 0 bridgehead atoms. The molecule has 0 aliphatic heterocycles. The third kappa shape index (κ3) is 5.16. The summed E-state index contributed by atoms with van der Waals surface area (Å²) in [6.45, 7) is 0.744. The first-order chi connectivity index (χ1) is 11.5. The van der Waals surface area contributed by atoms with Gasteiger partial charge in [0.15, 0.2) is 11.6 Å². The van der Waals surface area contributed by atoms with Gasteiger partial charge in [-0.15, -0.1) is 0 Å². The Bertz CT molecular complexity index is 708. The lowest BCUT2D eigenvalue weighted by atomic mass is 10.2. The van der Waals surface area contributed by atoms with E-state index in [4.69, 9.17) is 16.3 Å². The number of carbonyl (C=O) groups excluding carboxylic acids is 1. The summed E-state index contributed by atoms with van der Waals surface area (Å²) in [6, 6.07) is 7.21. The molecule has 2 aromatic carbocycles. The molecule has 2 rings (SSSR count). The molecule has 0 spiro atoms. The highest BCUT2D eigenvalue weighted by Crippen LogP contribution is 2.19. The molecule has 0 fully saturated rings. The van der Waals surface area contributed by atoms with Crippen LogP contribution in [0, 0.1) is 17.5 Å². The van der Waals surface area contributed by atoms with Crippen LogP contribution in [0.4, 0.5) is 13.2 Å². The SMILES string of the molecule is O=C(NCCCCOc1ccc(F)cc1)c1cc(F)c(F)cc1Cl. The van der Waals surface area contributed by atoms with Gasteiger partial charge < -0.3 is 10.1 Å². The molecule has 0 heterocycles. The van der Waals surface area contributed by atoms with Gasteiger partial charge in [-0.2, -0.15) is 0 Å². The standard InChI is InChI=1S/C17H15ClF3NO2/c18-14-10-16(21)15(20)9-13(14)17(23)22-7-1-2-8-24-12-5-3-11(19)4-6-12/h3-6,9-10H,1-2,7-8H2,(H,22,23). The smallest absolute Gasteiger partial charge is 0.252 e. The summed E-state index contributed by atoms with van der Waals surface area (Å²) in [4.78, 5) is 11.9. The topological polar surface area (TPSA) is 38.3 Å². The molecule has 0 atom stereocenters. The number of halogens is 4. The Morgan fingerprint density at radius 3 is 2.42 bits per heavy atom. The maximum Gasteiger partial charge on any atom is 0.252 e. The van der Waals surface area contributed by atoms with E-state index in [2.05, 4.69) is 5.32 Å². The van der Waals surface area contributed by atoms with Crippen molar-refractivity contribution < 1.29 is 22.7 Å². The number of rotatable bonds is 7. The molecule has 1 N–H and O–H groups in total. The molecule has 1 amide bonds. The van der Waals surface area contributed by atoms with E-state index in [0.29, 0.717) is 31.7 Å². The van der Waals surface area contributed by atoms with Gasteiger partial charge in [-0.25, -0.2) is 13.2 Å². The van der Waals surface area contributed by atoms with E-state index in [9.17, 15) is 18.0 Å². The summed E-state index contributed by atoms with van der Waals surface area (Å²) in [7, 11) is 0. The quantitative estimate of drug-likeness (QED) is 0.591. The van der Waals surface area contributed by atoms with Gasteiger partial charge in [0.25, 0.3) is 5.91 Å². The number of unbranched alkanes of at least 4 members (excludes halogenated alkanes) is 1. The highest BCUT2D eigenvalue weighted by Gasteiger charge is 2.14. The van der Waals surface area contributed by atoms with E-state index in [1.165, 1.54) is 24.3 Å². The fourth-order valence-electron chi connectivity index (χ4n) is 1.94. The predicted molar refractivity (Wildman–Crippen MR) is 84.8 cm³/mol. The average Bonchev–Trinajstić information content (AvgIpc) is 2.55. The number of ether oxygens (including phenoxy) is 1. The van der Waals surface area contributed by atoms with E-state index < -0.39 is 17.5 Å². The second kappa shape index (κ2) is 8.59. The van der Waals surface area contributed by atoms with Crippen molar-refractivity contribution in [1.29, 1.82) is 0 Å². The summed E-state index contributed by atoms with van der Waals surface area (Å²) in [5.74, 6) is -2.57. The third-order valence-corrected chi connectivity index (χ3v) is 3.51. The Hall–Kier alpha value is -2.21. The first-order valence-corrected chi connectivity index (χ1v) is 7.66. The van der Waals surface area contributed by atoms with E-state index in [-0.39, 0.29) is 16.4 Å². The maximum absolute atomic E-state index is 13.1. The first kappa shape index (κ1) is 18.1. The van der Waals surface area contributed by atoms with Crippen molar-refractivity contribution >= 4 is 17.5 Å². The average molecular weight is 358 g/mol. The van der Waals surface area contributed by atoms with E-state index in [1.54, 1.807) is 0 Å². The number of carbonyl (C=O) groups is 1. The van der Waals surface area contributed by atoms with Crippen LogP contribution in [0.15, 0.2) is 36.4 Å². The van der Waals surface area contributed by atoms with Gasteiger partial charge >= 0.3 is 0 Å². The van der Waals surface area contributed by atoms with Crippen molar-refractivity contribution in [3.8, 4) is 5.75 Å². The lowest BCUT2D eigenvalue weighted by Crippen LogP contribution is -2.25. The Morgan fingerprint density at radius 2 is 1.71 bits per heavy atom. The fourth-order valence-corrected chi connectivity index (χ4v) is 2.18. The number of hydrogen-bond acceptors (Lipinski definition) is 2. The number of nitrogens with one attached hydrogen (secondary N) is 1. The van der Waals surface area contributed by atoms with Crippen molar-refractivity contribution in [3.63, 3.8) is 0 Å². The molecule has 7 heteroatoms. The third-order valence-electron chi connectivity index (χ3n) is 3.19. The monoisotopic (exact) mass is 357 g/mol. The molecule has 24 heavy (non-hydrogen) atoms.